The summed E-state index contributed by atoms with van der Waals surface area (Å²) in [7, 11) is 0. The number of rotatable bonds is 13. The fourth-order valence-corrected chi connectivity index (χ4v) is 1.55. The lowest BCUT2D eigenvalue weighted by atomic mass is 10.1. The minimum Gasteiger partial charge on any atom is -0.459 e. The van der Waals surface area contributed by atoms with E-state index in [-0.39, 0.29) is 22.3 Å². The predicted octanol–water partition coefficient (Wildman–Crippen LogP) is 2.24. The summed E-state index contributed by atoms with van der Waals surface area (Å²) >= 11 is 0. The smallest absolute Gasteiger partial charge is 0.333 e. The normalized spacial score (nSPS) is 10.5. The zero-order valence-corrected chi connectivity index (χ0v) is 17.4. The average molecular weight is 408 g/mol. The molecule has 29 heavy (non-hydrogen) atoms. The Morgan fingerprint density at radius 3 is 1.17 bits per heavy atom. The SMILES string of the molecule is C=C(C)C(=O)COC(COC(=O)C(=C)C)(COC(=O)C(=C)C)COC(=O)C(=C)C. The van der Waals surface area contributed by atoms with E-state index < -0.39 is 55.7 Å². The number of ether oxygens (including phenoxy) is 4. The molecule has 0 saturated carbocycles. The summed E-state index contributed by atoms with van der Waals surface area (Å²) in [5.74, 6) is -2.64. The quantitative estimate of drug-likeness (QED) is 0.260. The summed E-state index contributed by atoms with van der Waals surface area (Å²) in [4.78, 5) is 47.4. The molecule has 0 unspecified atom stereocenters. The highest BCUT2D eigenvalue weighted by atomic mass is 16.6. The maximum atomic E-state index is 11.9. The van der Waals surface area contributed by atoms with Crippen LogP contribution in [0, 0.1) is 0 Å². The minimum absolute atomic E-state index is 0.120. The summed E-state index contributed by atoms with van der Waals surface area (Å²) in [6.07, 6.45) is 0. The molecule has 0 aliphatic heterocycles. The van der Waals surface area contributed by atoms with Gasteiger partial charge in [-0.2, -0.15) is 0 Å². The second-order valence-electron chi connectivity index (χ2n) is 6.74. The van der Waals surface area contributed by atoms with Crippen molar-refractivity contribution in [2.75, 3.05) is 26.4 Å². The number of ketones is 1. The molecule has 8 heteroatoms. The van der Waals surface area contributed by atoms with Gasteiger partial charge >= 0.3 is 17.9 Å². The number of hydrogen-bond donors (Lipinski definition) is 0. The number of Topliss-reactive ketones (excluding diaryl/α,β-unsaturated/α-hetero) is 1. The van der Waals surface area contributed by atoms with Gasteiger partial charge in [0.15, 0.2) is 11.4 Å². The molecule has 0 fully saturated rings. The molecule has 0 spiro atoms. The van der Waals surface area contributed by atoms with Crippen molar-refractivity contribution < 1.29 is 38.1 Å². The van der Waals surface area contributed by atoms with Gasteiger partial charge < -0.3 is 18.9 Å². The molecule has 0 aromatic carbocycles. The van der Waals surface area contributed by atoms with E-state index >= 15 is 0 Å². The van der Waals surface area contributed by atoms with Crippen molar-refractivity contribution in [1.29, 1.82) is 0 Å². The Balaban J connectivity index is 5.69. The molecule has 0 atom stereocenters. The van der Waals surface area contributed by atoms with E-state index in [0.717, 1.165) is 0 Å². The lowest BCUT2D eigenvalue weighted by Crippen LogP contribution is -2.49. The van der Waals surface area contributed by atoms with Crippen LogP contribution < -0.4 is 0 Å². The number of carbonyl (C=O) groups is 4. The Labute approximate surface area is 170 Å². The first kappa shape index (κ1) is 26.0. The largest absolute Gasteiger partial charge is 0.459 e. The van der Waals surface area contributed by atoms with Crippen LogP contribution in [0.3, 0.4) is 0 Å². The molecule has 0 aliphatic rings. The van der Waals surface area contributed by atoms with Gasteiger partial charge in [-0.3, -0.25) is 4.79 Å². The minimum atomic E-state index is -1.65. The van der Waals surface area contributed by atoms with Crippen molar-refractivity contribution in [2.24, 2.45) is 0 Å². The van der Waals surface area contributed by atoms with Crippen molar-refractivity contribution >= 4 is 23.7 Å². The highest BCUT2D eigenvalue weighted by Crippen LogP contribution is 2.18. The lowest BCUT2D eigenvalue weighted by molar-refractivity contribution is -0.183. The van der Waals surface area contributed by atoms with Crippen molar-refractivity contribution in [2.45, 2.75) is 33.3 Å². The molecule has 0 aliphatic carbocycles. The van der Waals surface area contributed by atoms with Crippen LogP contribution in [-0.4, -0.2) is 55.7 Å². The molecule has 0 heterocycles. The summed E-state index contributed by atoms with van der Waals surface area (Å²) in [6, 6.07) is 0. The van der Waals surface area contributed by atoms with Gasteiger partial charge in [-0.25, -0.2) is 14.4 Å². The summed E-state index contributed by atoms with van der Waals surface area (Å²) in [5, 5.41) is 0. The molecule has 0 aromatic rings. The monoisotopic (exact) mass is 408 g/mol. The second-order valence-corrected chi connectivity index (χ2v) is 6.74. The van der Waals surface area contributed by atoms with Crippen LogP contribution in [-0.2, 0) is 38.1 Å². The van der Waals surface area contributed by atoms with Crippen LogP contribution in [0.5, 0.6) is 0 Å². The Morgan fingerprint density at radius 2 is 0.931 bits per heavy atom. The van der Waals surface area contributed by atoms with Crippen LogP contribution in [0.15, 0.2) is 48.6 Å². The van der Waals surface area contributed by atoms with E-state index in [1.54, 1.807) is 0 Å². The van der Waals surface area contributed by atoms with Crippen LogP contribution in [0.1, 0.15) is 27.7 Å². The third-order valence-electron chi connectivity index (χ3n) is 3.43. The Bertz CT molecular complexity index is 603. The number of carbonyl (C=O) groups excluding carboxylic acids is 4. The molecule has 0 rings (SSSR count). The Hall–Kier alpha value is -3.00. The van der Waals surface area contributed by atoms with Gasteiger partial charge in [0.25, 0.3) is 0 Å². The maximum Gasteiger partial charge on any atom is 0.333 e. The topological polar surface area (TPSA) is 105 Å². The molecule has 0 bridgehead atoms. The van der Waals surface area contributed by atoms with Crippen molar-refractivity contribution in [3.05, 3.63) is 48.6 Å². The summed E-state index contributed by atoms with van der Waals surface area (Å²) in [6.45, 7) is 17.9. The molecule has 0 radical (unpaired) electrons. The van der Waals surface area contributed by atoms with Gasteiger partial charge in [0.2, 0.25) is 0 Å². The van der Waals surface area contributed by atoms with Gasteiger partial charge in [-0.05, 0) is 33.3 Å². The Morgan fingerprint density at radius 1 is 0.621 bits per heavy atom. The van der Waals surface area contributed by atoms with Crippen LogP contribution in [0.2, 0.25) is 0 Å². The molecule has 0 amide bonds. The van der Waals surface area contributed by atoms with E-state index in [9.17, 15) is 19.2 Å². The molecule has 8 nitrogen and oxygen atoms in total. The van der Waals surface area contributed by atoms with Gasteiger partial charge in [0.1, 0.15) is 26.4 Å². The first-order valence-corrected chi connectivity index (χ1v) is 8.62. The standard InChI is InChI=1S/C21H28O8/c1-13(2)17(22)9-29-21(10-26-18(23)14(3)4,11-27-19(24)15(5)6)12-28-20(25)16(7)8/h1,3,5,7,9-12H2,2,4,6,8H3. The predicted molar refractivity (Wildman–Crippen MR) is 106 cm³/mol. The zero-order chi connectivity index (χ0) is 22.8. The fraction of sp³-hybridized carbons (Fsp3) is 0.429. The van der Waals surface area contributed by atoms with Crippen LogP contribution in [0.25, 0.3) is 0 Å². The molecular formula is C21H28O8. The molecule has 0 saturated heterocycles. The first-order chi connectivity index (χ1) is 13.3. The lowest BCUT2D eigenvalue weighted by Gasteiger charge is -2.32. The molecule has 160 valence electrons. The van der Waals surface area contributed by atoms with E-state index in [2.05, 4.69) is 26.3 Å². The van der Waals surface area contributed by atoms with Gasteiger partial charge in [-0.15, -0.1) is 0 Å². The van der Waals surface area contributed by atoms with E-state index in [0.29, 0.717) is 0 Å². The van der Waals surface area contributed by atoms with Gasteiger partial charge in [0, 0.05) is 16.7 Å². The molecular weight excluding hydrogens is 380 g/mol. The van der Waals surface area contributed by atoms with E-state index in [1.165, 1.54) is 27.7 Å². The molecule has 0 aromatic heterocycles. The summed E-state index contributed by atoms with van der Waals surface area (Å²) < 4.78 is 21.0. The van der Waals surface area contributed by atoms with Gasteiger partial charge in [-0.1, -0.05) is 26.3 Å². The first-order valence-electron chi connectivity index (χ1n) is 8.62. The van der Waals surface area contributed by atoms with Gasteiger partial charge in [0.05, 0.1) is 0 Å². The van der Waals surface area contributed by atoms with E-state index in [4.69, 9.17) is 18.9 Å². The highest BCUT2D eigenvalue weighted by molar-refractivity contribution is 5.95. The zero-order valence-electron chi connectivity index (χ0n) is 17.4. The van der Waals surface area contributed by atoms with Crippen molar-refractivity contribution in [1.82, 2.24) is 0 Å². The van der Waals surface area contributed by atoms with E-state index in [1.807, 2.05) is 0 Å². The summed E-state index contributed by atoms with van der Waals surface area (Å²) in [5.41, 5.74) is -1.05. The number of esters is 3. The number of hydrogen-bond acceptors (Lipinski definition) is 8. The third kappa shape index (κ3) is 9.66. The molecule has 0 N–H and O–H groups in total. The average Bonchev–Trinajstić information content (AvgIpc) is 2.64. The van der Waals surface area contributed by atoms with Crippen LogP contribution in [0.4, 0.5) is 0 Å². The third-order valence-corrected chi connectivity index (χ3v) is 3.43. The van der Waals surface area contributed by atoms with Crippen LogP contribution >= 0.6 is 0 Å². The van der Waals surface area contributed by atoms with Crippen molar-refractivity contribution in [3.8, 4) is 0 Å². The van der Waals surface area contributed by atoms with Crippen molar-refractivity contribution in [3.63, 3.8) is 0 Å². The Kier molecular flexibility index (Phi) is 10.5. The maximum absolute atomic E-state index is 11.9. The second kappa shape index (κ2) is 11.8. The fourth-order valence-electron chi connectivity index (χ4n) is 1.55. The highest BCUT2D eigenvalue weighted by Gasteiger charge is 2.38.